The number of thioether (sulfide) groups is 1. The summed E-state index contributed by atoms with van der Waals surface area (Å²) in [6, 6.07) is 0. The van der Waals surface area contributed by atoms with Crippen LogP contribution in [0.4, 0.5) is 0 Å². The molecule has 0 heterocycles. The van der Waals surface area contributed by atoms with Gasteiger partial charge in [-0.15, -0.1) is 0 Å². The Labute approximate surface area is 65.5 Å². The molecule has 0 aliphatic carbocycles. The summed E-state index contributed by atoms with van der Waals surface area (Å²) >= 11 is 1.68. The third kappa shape index (κ3) is 5.91. The van der Waals surface area contributed by atoms with E-state index in [-0.39, 0.29) is 5.91 Å². The summed E-state index contributed by atoms with van der Waals surface area (Å²) in [7, 11) is 0. The van der Waals surface area contributed by atoms with Crippen molar-refractivity contribution >= 4 is 17.7 Å². The van der Waals surface area contributed by atoms with Gasteiger partial charge < -0.3 is 0 Å². The molecule has 0 aromatic carbocycles. The highest BCUT2D eigenvalue weighted by atomic mass is 32.2. The number of hydroxylamine groups is 1. The van der Waals surface area contributed by atoms with E-state index >= 15 is 0 Å². The van der Waals surface area contributed by atoms with Crippen LogP contribution < -0.4 is 5.48 Å². The molecule has 0 aromatic heterocycles. The fourth-order valence-electron chi connectivity index (χ4n) is 0.329. The first-order chi connectivity index (χ1) is 4.81. The van der Waals surface area contributed by atoms with Gasteiger partial charge in [-0.05, 0) is 6.26 Å². The van der Waals surface area contributed by atoms with Gasteiger partial charge in [-0.3, -0.25) is 9.63 Å². The summed E-state index contributed by atoms with van der Waals surface area (Å²) in [5.41, 5.74) is 2.31. The first-order valence-corrected chi connectivity index (χ1v) is 4.60. The number of carbonyl (C=O) groups excluding carboxylic acids is 1. The Hall–Kier alpha value is -0.220. The van der Waals surface area contributed by atoms with Crippen molar-refractivity contribution in [2.45, 2.75) is 13.3 Å². The van der Waals surface area contributed by atoms with Crippen LogP contribution in [0.2, 0.25) is 0 Å². The van der Waals surface area contributed by atoms with E-state index in [1.807, 2.05) is 6.26 Å². The van der Waals surface area contributed by atoms with Crippen LogP contribution in [0.25, 0.3) is 0 Å². The zero-order valence-electron chi connectivity index (χ0n) is 6.35. The molecule has 0 saturated carbocycles. The van der Waals surface area contributed by atoms with Crippen molar-refractivity contribution in [2.75, 3.05) is 18.6 Å². The van der Waals surface area contributed by atoms with Gasteiger partial charge in [-0.1, -0.05) is 6.92 Å². The van der Waals surface area contributed by atoms with Crippen molar-refractivity contribution in [1.29, 1.82) is 0 Å². The Morgan fingerprint density at radius 2 is 2.40 bits per heavy atom. The van der Waals surface area contributed by atoms with Gasteiger partial charge in [0.1, 0.15) is 0 Å². The zero-order valence-corrected chi connectivity index (χ0v) is 7.16. The first-order valence-electron chi connectivity index (χ1n) is 3.20. The maximum atomic E-state index is 10.5. The molecular formula is C6H13NO2S. The molecule has 0 bridgehead atoms. The van der Waals surface area contributed by atoms with E-state index in [0.717, 1.165) is 5.75 Å². The molecule has 0 radical (unpaired) electrons. The van der Waals surface area contributed by atoms with E-state index in [9.17, 15) is 4.79 Å². The van der Waals surface area contributed by atoms with E-state index in [1.165, 1.54) is 0 Å². The van der Waals surface area contributed by atoms with Gasteiger partial charge in [0.25, 0.3) is 0 Å². The lowest BCUT2D eigenvalue weighted by Crippen LogP contribution is -2.23. The van der Waals surface area contributed by atoms with Crippen LogP contribution in [-0.2, 0) is 9.63 Å². The van der Waals surface area contributed by atoms with Gasteiger partial charge >= 0.3 is 0 Å². The summed E-state index contributed by atoms with van der Waals surface area (Å²) in [6.45, 7) is 2.36. The lowest BCUT2D eigenvalue weighted by Gasteiger charge is -2.01. The van der Waals surface area contributed by atoms with Gasteiger partial charge in [0.2, 0.25) is 5.91 Å². The minimum Gasteiger partial charge on any atom is -0.273 e. The third-order valence-electron chi connectivity index (χ3n) is 0.897. The first kappa shape index (κ1) is 9.78. The monoisotopic (exact) mass is 163 g/mol. The van der Waals surface area contributed by atoms with Crippen LogP contribution in [0.3, 0.4) is 0 Å². The molecule has 0 aliphatic heterocycles. The van der Waals surface area contributed by atoms with Crippen molar-refractivity contribution in [1.82, 2.24) is 5.48 Å². The van der Waals surface area contributed by atoms with E-state index in [2.05, 4.69) is 5.48 Å². The molecule has 0 atom stereocenters. The molecule has 0 rings (SSSR count). The number of nitrogens with one attached hydrogen (secondary N) is 1. The molecule has 10 heavy (non-hydrogen) atoms. The zero-order chi connectivity index (χ0) is 7.82. The number of hydrogen-bond donors (Lipinski definition) is 1. The second-order valence-corrected chi connectivity index (χ2v) is 2.71. The molecule has 0 fully saturated rings. The van der Waals surface area contributed by atoms with E-state index in [0.29, 0.717) is 13.0 Å². The van der Waals surface area contributed by atoms with Gasteiger partial charge in [0.15, 0.2) is 0 Å². The topological polar surface area (TPSA) is 38.3 Å². The lowest BCUT2D eigenvalue weighted by molar-refractivity contribution is -0.132. The largest absolute Gasteiger partial charge is 0.273 e. The quantitative estimate of drug-likeness (QED) is 0.481. The Morgan fingerprint density at radius 3 is 2.90 bits per heavy atom. The van der Waals surface area contributed by atoms with Crippen molar-refractivity contribution in [3.63, 3.8) is 0 Å². The SMILES string of the molecule is CCC(=O)NOCCSC. The highest BCUT2D eigenvalue weighted by Crippen LogP contribution is 1.88. The standard InChI is InChI=1S/C6H13NO2S/c1-3-6(8)7-9-4-5-10-2/h3-5H2,1-2H3,(H,7,8). The van der Waals surface area contributed by atoms with Crippen molar-refractivity contribution in [3.8, 4) is 0 Å². The van der Waals surface area contributed by atoms with E-state index < -0.39 is 0 Å². The maximum absolute atomic E-state index is 10.5. The van der Waals surface area contributed by atoms with Gasteiger partial charge in [-0.25, -0.2) is 5.48 Å². The van der Waals surface area contributed by atoms with Crippen LogP contribution in [0, 0.1) is 0 Å². The second-order valence-electron chi connectivity index (χ2n) is 1.72. The van der Waals surface area contributed by atoms with Crippen molar-refractivity contribution < 1.29 is 9.63 Å². The summed E-state index contributed by atoms with van der Waals surface area (Å²) in [4.78, 5) is 15.3. The highest BCUT2D eigenvalue weighted by Gasteiger charge is 1.93. The van der Waals surface area contributed by atoms with Gasteiger partial charge in [-0.2, -0.15) is 11.8 Å². The summed E-state index contributed by atoms with van der Waals surface area (Å²) in [5, 5.41) is 0. The number of carbonyl (C=O) groups is 1. The minimum atomic E-state index is -0.0684. The normalized spacial score (nSPS) is 9.40. The molecule has 0 unspecified atom stereocenters. The maximum Gasteiger partial charge on any atom is 0.243 e. The van der Waals surface area contributed by atoms with Crippen LogP contribution in [0.15, 0.2) is 0 Å². The average molecular weight is 163 g/mol. The van der Waals surface area contributed by atoms with Crippen LogP contribution in [0.1, 0.15) is 13.3 Å². The fraction of sp³-hybridized carbons (Fsp3) is 0.833. The third-order valence-corrected chi connectivity index (χ3v) is 1.47. The molecule has 60 valence electrons. The highest BCUT2D eigenvalue weighted by molar-refractivity contribution is 7.98. The smallest absolute Gasteiger partial charge is 0.243 e. The summed E-state index contributed by atoms with van der Waals surface area (Å²) < 4.78 is 0. The van der Waals surface area contributed by atoms with Crippen LogP contribution >= 0.6 is 11.8 Å². The number of rotatable bonds is 5. The molecule has 0 spiro atoms. The van der Waals surface area contributed by atoms with Crippen LogP contribution in [-0.4, -0.2) is 24.5 Å². The molecule has 0 saturated heterocycles. The van der Waals surface area contributed by atoms with Crippen molar-refractivity contribution in [2.24, 2.45) is 0 Å². The predicted molar refractivity (Wildman–Crippen MR) is 42.8 cm³/mol. The molecule has 4 heteroatoms. The Morgan fingerprint density at radius 1 is 1.70 bits per heavy atom. The van der Waals surface area contributed by atoms with Gasteiger partial charge in [0, 0.05) is 12.2 Å². The van der Waals surface area contributed by atoms with Crippen LogP contribution in [0.5, 0.6) is 0 Å². The Balaban J connectivity index is 2.96. The van der Waals surface area contributed by atoms with E-state index in [4.69, 9.17) is 4.84 Å². The second kappa shape index (κ2) is 6.89. The van der Waals surface area contributed by atoms with Gasteiger partial charge in [0.05, 0.1) is 6.61 Å². The molecule has 0 aromatic rings. The molecular weight excluding hydrogens is 150 g/mol. The van der Waals surface area contributed by atoms with E-state index in [1.54, 1.807) is 18.7 Å². The lowest BCUT2D eigenvalue weighted by atomic mass is 10.5. The number of amides is 1. The Kier molecular flexibility index (Phi) is 6.74. The predicted octanol–water partition coefficient (Wildman–Crippen LogP) is 0.807. The summed E-state index contributed by atoms with van der Waals surface area (Å²) in [5.74, 6) is 0.838. The fourth-order valence-corrected chi connectivity index (χ4v) is 0.579. The molecule has 1 amide bonds. The Bertz CT molecular complexity index is 97.7. The number of hydrogen-bond acceptors (Lipinski definition) is 3. The molecule has 3 nitrogen and oxygen atoms in total. The average Bonchev–Trinajstić information content (AvgIpc) is 1.98. The summed E-state index contributed by atoms with van der Waals surface area (Å²) in [6.07, 6.45) is 2.46. The molecule has 0 aliphatic rings. The minimum absolute atomic E-state index is 0.0684. The van der Waals surface area contributed by atoms with Crippen molar-refractivity contribution in [3.05, 3.63) is 0 Å². The molecule has 1 N–H and O–H groups in total.